The Morgan fingerprint density at radius 1 is 0.711 bits per heavy atom. The Hall–Kier alpha value is -5.19. The second kappa shape index (κ2) is 12.7. The van der Waals surface area contributed by atoms with Crippen molar-refractivity contribution in [1.82, 2.24) is 0 Å². The number of phenolic OH excluding ortho intramolecular Hbond substituents is 2. The van der Waals surface area contributed by atoms with E-state index in [9.17, 15) is 24.9 Å². The van der Waals surface area contributed by atoms with Crippen molar-refractivity contribution in [3.05, 3.63) is 102 Å². The number of benzene rings is 4. The second-order valence-electron chi connectivity index (χ2n) is 7.64. The molecule has 0 heterocycles. The molecule has 0 fully saturated rings. The summed E-state index contributed by atoms with van der Waals surface area (Å²) in [5.41, 5.74) is 1.67. The van der Waals surface area contributed by atoms with Crippen LogP contribution in [-0.2, 0) is 16.3 Å². The topological polar surface area (TPSA) is 160 Å². The monoisotopic (exact) mass is 518 g/mol. The van der Waals surface area contributed by atoms with Gasteiger partial charge < -0.3 is 29.6 Å². The van der Waals surface area contributed by atoms with Crippen LogP contribution in [0.25, 0.3) is 11.1 Å². The Bertz CT molecular complexity index is 1410. The number of aromatic carboxylic acids is 1. The lowest BCUT2D eigenvalue weighted by molar-refractivity contribution is -0.253. The van der Waals surface area contributed by atoms with Crippen LogP contribution < -0.4 is 9.47 Å². The minimum Gasteiger partial charge on any atom is -0.508 e. The molecule has 4 aromatic carbocycles. The van der Waals surface area contributed by atoms with Crippen molar-refractivity contribution in [2.24, 2.45) is 0 Å². The molecule has 38 heavy (non-hydrogen) atoms. The molecule has 0 aromatic heterocycles. The highest BCUT2D eigenvalue weighted by atomic mass is 17.1. The van der Waals surface area contributed by atoms with Crippen molar-refractivity contribution in [1.29, 1.82) is 0 Å². The van der Waals surface area contributed by atoms with Crippen LogP contribution in [0.4, 0.5) is 0 Å². The molecule has 0 aliphatic carbocycles. The molecule has 4 N–H and O–H groups in total. The Morgan fingerprint density at radius 3 is 1.84 bits per heavy atom. The Labute approximate surface area is 216 Å². The molecule has 0 saturated carbocycles. The van der Waals surface area contributed by atoms with Gasteiger partial charge in [0, 0.05) is 11.6 Å². The Kier molecular flexibility index (Phi) is 9.14. The molecule has 0 bridgehead atoms. The lowest BCUT2D eigenvalue weighted by Crippen LogP contribution is -2.14. The molecule has 0 radical (unpaired) electrons. The van der Waals surface area contributed by atoms with E-state index in [0.29, 0.717) is 17.1 Å². The first-order valence-corrected chi connectivity index (χ1v) is 10.9. The number of ether oxygens (including phenoxy) is 2. The van der Waals surface area contributed by atoms with Gasteiger partial charge in [0.15, 0.2) is 0 Å². The number of phenols is 2. The van der Waals surface area contributed by atoms with E-state index in [4.69, 9.17) is 19.5 Å². The molecule has 0 aliphatic rings. The molecule has 0 spiro atoms. The number of carbonyl (C=O) groups excluding carboxylic acids is 2. The zero-order valence-corrected chi connectivity index (χ0v) is 19.7. The highest BCUT2D eigenvalue weighted by Crippen LogP contribution is 2.31. The number of aromatic hydroxyl groups is 2. The first-order chi connectivity index (χ1) is 18.3. The quantitative estimate of drug-likeness (QED) is 0.105. The van der Waals surface area contributed by atoms with Gasteiger partial charge in [0.05, 0.1) is 11.1 Å². The van der Waals surface area contributed by atoms with Crippen LogP contribution in [0, 0.1) is 0 Å². The van der Waals surface area contributed by atoms with Crippen molar-refractivity contribution < 1.29 is 49.3 Å². The van der Waals surface area contributed by atoms with E-state index >= 15 is 0 Å². The molecule has 10 nitrogen and oxygen atoms in total. The fourth-order valence-electron chi connectivity index (χ4n) is 3.43. The molecular formula is C28H22O10. The molecule has 10 heteroatoms. The van der Waals surface area contributed by atoms with Gasteiger partial charge in [-0.15, -0.1) is 0 Å². The van der Waals surface area contributed by atoms with E-state index in [-0.39, 0.29) is 35.0 Å². The minimum absolute atomic E-state index is 0.00681. The number of hydrogen-bond acceptors (Lipinski definition) is 9. The van der Waals surface area contributed by atoms with Crippen LogP contribution in [0.5, 0.6) is 28.7 Å². The number of esters is 1. The molecule has 0 amide bonds. The Morgan fingerprint density at radius 2 is 1.26 bits per heavy atom. The van der Waals surface area contributed by atoms with Crippen LogP contribution in [-0.4, -0.2) is 39.3 Å². The third-order valence-corrected chi connectivity index (χ3v) is 5.20. The third kappa shape index (κ3) is 6.72. The average Bonchev–Trinajstić information content (AvgIpc) is 2.92. The molecule has 0 unspecified atom stereocenters. The van der Waals surface area contributed by atoms with Crippen molar-refractivity contribution in [2.45, 2.75) is 6.61 Å². The summed E-state index contributed by atoms with van der Waals surface area (Å²) in [5, 5.41) is 37.3. The Balaban J connectivity index is 0.00000195. The lowest BCUT2D eigenvalue weighted by atomic mass is 10.1. The van der Waals surface area contributed by atoms with E-state index in [1.54, 1.807) is 42.5 Å². The summed E-state index contributed by atoms with van der Waals surface area (Å²) in [4.78, 5) is 36.0. The number of carboxylic acids is 1. The maximum atomic E-state index is 12.5. The minimum atomic E-state index is -1.31. The van der Waals surface area contributed by atoms with Crippen LogP contribution >= 0.6 is 0 Å². The predicted molar refractivity (Wildman–Crippen MR) is 135 cm³/mol. The van der Waals surface area contributed by atoms with E-state index < -0.39 is 11.9 Å². The summed E-state index contributed by atoms with van der Waals surface area (Å²) in [6, 6.07) is 21.5. The zero-order chi connectivity index (χ0) is 27.7. The fourth-order valence-corrected chi connectivity index (χ4v) is 3.43. The number of hydrogen-bond donors (Lipinski definition) is 4. The van der Waals surface area contributed by atoms with E-state index in [1.165, 1.54) is 18.2 Å². The number of rotatable bonds is 8. The van der Waals surface area contributed by atoms with Gasteiger partial charge in [-0.2, -0.15) is 0 Å². The first-order valence-electron chi connectivity index (χ1n) is 10.9. The SMILES string of the molecule is C=O.O=C(O)c1ccc(O)cc1C(=O)Oc1ccc(-c2ccc(Oc3cc(O)ccc3COO)cc2)cc1. The second-order valence-corrected chi connectivity index (χ2v) is 7.64. The summed E-state index contributed by atoms with van der Waals surface area (Å²) in [6.45, 7) is 1.90. The maximum Gasteiger partial charge on any atom is 0.344 e. The lowest BCUT2D eigenvalue weighted by Gasteiger charge is -2.11. The highest BCUT2D eigenvalue weighted by molar-refractivity contribution is 6.03. The van der Waals surface area contributed by atoms with Gasteiger partial charge in [0.1, 0.15) is 42.1 Å². The van der Waals surface area contributed by atoms with Gasteiger partial charge in [0.25, 0.3) is 0 Å². The zero-order valence-electron chi connectivity index (χ0n) is 19.7. The van der Waals surface area contributed by atoms with Gasteiger partial charge in [-0.1, -0.05) is 24.3 Å². The largest absolute Gasteiger partial charge is 0.508 e. The first kappa shape index (κ1) is 27.4. The maximum absolute atomic E-state index is 12.5. The number of carboxylic acid groups (broad SMARTS) is 1. The molecular weight excluding hydrogens is 496 g/mol. The third-order valence-electron chi connectivity index (χ3n) is 5.20. The van der Waals surface area contributed by atoms with Crippen LogP contribution in [0.2, 0.25) is 0 Å². The van der Waals surface area contributed by atoms with E-state index in [1.807, 2.05) is 18.9 Å². The normalized spacial score (nSPS) is 10.1. The summed E-state index contributed by atoms with van der Waals surface area (Å²) in [5.74, 6) is -1.44. The van der Waals surface area contributed by atoms with E-state index in [0.717, 1.165) is 23.3 Å². The van der Waals surface area contributed by atoms with Gasteiger partial charge in [-0.05, 0) is 65.7 Å². The molecule has 0 aliphatic heterocycles. The molecule has 194 valence electrons. The van der Waals surface area contributed by atoms with Crippen LogP contribution in [0.3, 0.4) is 0 Å². The molecule has 0 saturated heterocycles. The fraction of sp³-hybridized carbons (Fsp3) is 0.0357. The molecule has 4 rings (SSSR count). The van der Waals surface area contributed by atoms with Gasteiger partial charge >= 0.3 is 11.9 Å². The van der Waals surface area contributed by atoms with E-state index in [2.05, 4.69) is 4.89 Å². The summed E-state index contributed by atoms with van der Waals surface area (Å²) < 4.78 is 11.1. The van der Waals surface area contributed by atoms with Crippen molar-refractivity contribution in [2.75, 3.05) is 0 Å². The average molecular weight is 518 g/mol. The smallest absolute Gasteiger partial charge is 0.344 e. The summed E-state index contributed by atoms with van der Waals surface area (Å²) >= 11 is 0. The number of carbonyl (C=O) groups is 3. The van der Waals surface area contributed by atoms with Crippen molar-refractivity contribution in [3.8, 4) is 39.9 Å². The summed E-state index contributed by atoms with van der Waals surface area (Å²) in [6.07, 6.45) is 0. The van der Waals surface area contributed by atoms with Crippen molar-refractivity contribution in [3.63, 3.8) is 0 Å². The van der Waals surface area contributed by atoms with Gasteiger partial charge in [-0.25, -0.2) is 14.5 Å². The van der Waals surface area contributed by atoms with Crippen LogP contribution in [0.15, 0.2) is 84.9 Å². The highest BCUT2D eigenvalue weighted by Gasteiger charge is 2.19. The van der Waals surface area contributed by atoms with Gasteiger partial charge in [-0.3, -0.25) is 5.26 Å². The molecule has 4 aromatic rings. The summed E-state index contributed by atoms with van der Waals surface area (Å²) in [7, 11) is 0. The molecule has 0 atom stereocenters. The van der Waals surface area contributed by atoms with Gasteiger partial charge in [0.2, 0.25) is 0 Å². The van der Waals surface area contributed by atoms with Crippen LogP contribution in [0.1, 0.15) is 26.3 Å². The van der Waals surface area contributed by atoms with Crippen molar-refractivity contribution >= 4 is 18.7 Å². The predicted octanol–water partition coefficient (Wildman–Crippen LogP) is 5.28. The standard InChI is InChI=1S/C27H20O9.CH2O/c28-19-7-12-23(26(30)31)24(13-19)27(32)36-22-10-4-17(5-11-22)16-2-8-21(9-3-16)35-25-14-20(29)6-1-18(25)15-34-33;1-2/h1-14,28-29,33H,15H2,(H,30,31);1H2.